The van der Waals surface area contributed by atoms with Crippen LogP contribution in [0.3, 0.4) is 0 Å². The molecule has 0 atom stereocenters. The Balaban J connectivity index is 0.000000596. The van der Waals surface area contributed by atoms with Crippen molar-refractivity contribution in [2.24, 2.45) is 0 Å². The van der Waals surface area contributed by atoms with Crippen molar-refractivity contribution >= 4 is 34.8 Å². The quantitative estimate of drug-likeness (QED) is 0.205. The van der Waals surface area contributed by atoms with Crippen LogP contribution in [0.25, 0.3) is 21.5 Å². The van der Waals surface area contributed by atoms with Crippen LogP contribution in [0.5, 0.6) is 0 Å². The second kappa shape index (κ2) is 16.1. The summed E-state index contributed by atoms with van der Waals surface area (Å²) in [6, 6.07) is 26.5. The molecule has 4 aromatic carbocycles. The molecule has 4 rings (SSSR count). The van der Waals surface area contributed by atoms with Gasteiger partial charge in [0.15, 0.2) is 0 Å². The van der Waals surface area contributed by atoms with Crippen LogP contribution < -0.4 is 30.1 Å². The zero-order valence-electron chi connectivity index (χ0n) is 18.9. The van der Waals surface area contributed by atoms with Gasteiger partial charge in [-0.15, -0.1) is 80.9 Å². The van der Waals surface area contributed by atoms with Gasteiger partial charge in [0, 0.05) is 0 Å². The van der Waals surface area contributed by atoms with E-state index < -0.39 is 0 Å². The summed E-state index contributed by atoms with van der Waals surface area (Å²) in [6.45, 7) is 6.73. The molecule has 4 aromatic rings. The minimum atomic E-state index is 0. The van der Waals surface area contributed by atoms with Crippen molar-refractivity contribution in [1.82, 2.24) is 0 Å². The molecule has 0 bridgehead atoms. The summed E-state index contributed by atoms with van der Waals surface area (Å²) >= 11 is 0. The maximum absolute atomic E-state index is 2.44. The average molecular weight is 507 g/mol. The van der Waals surface area contributed by atoms with Crippen molar-refractivity contribution in [2.45, 2.75) is 46.5 Å². The van der Waals surface area contributed by atoms with Gasteiger partial charge < -0.3 is 24.8 Å². The van der Waals surface area contributed by atoms with Gasteiger partial charge in [-0.3, -0.25) is 0 Å². The van der Waals surface area contributed by atoms with Crippen molar-refractivity contribution in [2.75, 3.05) is 12.3 Å². The average Bonchev–Trinajstić information content (AvgIpc) is 3.30. The molecule has 0 aliphatic carbocycles. The molecule has 0 aromatic heterocycles. The Bertz CT molecular complexity index is 915. The second-order valence-corrected chi connectivity index (χ2v) is 10.2. The van der Waals surface area contributed by atoms with Crippen molar-refractivity contribution < 1.29 is 46.5 Å². The van der Waals surface area contributed by atoms with Crippen LogP contribution >= 0.6 is 7.92 Å². The van der Waals surface area contributed by atoms with E-state index >= 15 is 0 Å². The first-order valence-electron chi connectivity index (χ1n) is 10.7. The standard InChI is InChI=1S/C17H24P.C10H9.2ClH.Ti/c1-3-5-11-18(12-6-4-2)17-13-15-9-7-8-10-16(15)14-17;1-8-6-9-4-2-3-5-10(9)7-8;;;/h7-10,13-14H,3-6,11-12H2,1-2H3;2-7H,1H3;2*1H;/q2*-1;;;+4/p-2. The summed E-state index contributed by atoms with van der Waals surface area (Å²) in [5.41, 5.74) is 1.35. The van der Waals surface area contributed by atoms with E-state index in [-0.39, 0.29) is 54.5 Å². The monoisotopic (exact) mass is 506 g/mol. The van der Waals surface area contributed by atoms with Crippen molar-refractivity contribution in [3.05, 3.63) is 78.4 Å². The summed E-state index contributed by atoms with van der Waals surface area (Å²) in [6.07, 6.45) is 8.26. The molecule has 0 amide bonds. The van der Waals surface area contributed by atoms with Crippen LogP contribution in [0.2, 0.25) is 0 Å². The third-order valence-corrected chi connectivity index (χ3v) is 7.99. The molecule has 164 valence electrons. The molecular formula is C27H33Cl2PTi. The Labute approximate surface area is 217 Å². The van der Waals surface area contributed by atoms with Gasteiger partial charge in [-0.2, -0.15) is 12.1 Å². The predicted molar refractivity (Wildman–Crippen MR) is 130 cm³/mol. The van der Waals surface area contributed by atoms with Crippen molar-refractivity contribution in [3.63, 3.8) is 0 Å². The number of benzene rings is 2. The van der Waals surface area contributed by atoms with E-state index in [4.69, 9.17) is 0 Å². The Hall–Kier alpha value is -0.616. The molecular weight excluding hydrogens is 474 g/mol. The largest absolute Gasteiger partial charge is 4.00 e. The minimum absolute atomic E-state index is 0. The first-order chi connectivity index (χ1) is 13.7. The van der Waals surface area contributed by atoms with Gasteiger partial charge in [0.1, 0.15) is 0 Å². The van der Waals surface area contributed by atoms with E-state index in [1.165, 1.54) is 65.1 Å². The molecule has 4 heteroatoms. The second-order valence-electron chi connectivity index (χ2n) is 7.70. The zero-order valence-corrected chi connectivity index (χ0v) is 22.8. The van der Waals surface area contributed by atoms with Crippen LogP contribution in [0.15, 0.2) is 72.8 Å². The molecule has 0 fully saturated rings. The fraction of sp³-hybridized carbons (Fsp3) is 0.333. The topological polar surface area (TPSA) is 0 Å². The molecule has 0 radical (unpaired) electrons. The molecule has 31 heavy (non-hydrogen) atoms. The molecule has 0 nitrogen and oxygen atoms in total. The van der Waals surface area contributed by atoms with E-state index in [0.29, 0.717) is 0 Å². The number of unbranched alkanes of at least 4 members (excludes halogenated alkanes) is 2. The number of fused-ring (bicyclic) bond motifs is 2. The van der Waals surface area contributed by atoms with Gasteiger partial charge in [0.2, 0.25) is 0 Å². The van der Waals surface area contributed by atoms with Crippen molar-refractivity contribution in [3.8, 4) is 0 Å². The van der Waals surface area contributed by atoms with E-state index in [2.05, 4.69) is 93.6 Å². The van der Waals surface area contributed by atoms with Gasteiger partial charge in [-0.25, -0.2) is 0 Å². The Kier molecular flexibility index (Phi) is 15.7. The number of aryl methyl sites for hydroxylation is 1. The maximum Gasteiger partial charge on any atom is 4.00 e. The van der Waals surface area contributed by atoms with Gasteiger partial charge in [0.25, 0.3) is 0 Å². The van der Waals surface area contributed by atoms with Gasteiger partial charge in [-0.1, -0.05) is 53.7 Å². The summed E-state index contributed by atoms with van der Waals surface area (Å²) in [5.74, 6) is 0. The van der Waals surface area contributed by atoms with Gasteiger partial charge >= 0.3 is 21.7 Å². The number of rotatable bonds is 7. The molecule has 0 spiro atoms. The number of halogens is 2. The van der Waals surface area contributed by atoms with Crippen molar-refractivity contribution in [1.29, 1.82) is 0 Å². The molecule has 0 unspecified atom stereocenters. The van der Waals surface area contributed by atoms with Gasteiger partial charge in [0.05, 0.1) is 0 Å². The van der Waals surface area contributed by atoms with E-state index in [1.54, 1.807) is 5.30 Å². The van der Waals surface area contributed by atoms with Crippen LogP contribution in [0.1, 0.15) is 45.1 Å². The van der Waals surface area contributed by atoms with Crippen LogP contribution in [0, 0.1) is 6.92 Å². The third-order valence-electron chi connectivity index (χ3n) is 5.29. The SMILES string of the molecule is CCCCP(CCCC)c1cc2ccccc2[cH-]1.Cc1cc2ccccc2[cH-]1.[Cl-].[Cl-].[Ti+4]. The molecule has 0 aliphatic rings. The summed E-state index contributed by atoms with van der Waals surface area (Å²) in [5, 5.41) is 7.18. The molecule has 0 saturated carbocycles. The van der Waals surface area contributed by atoms with Crippen LogP contribution in [0.4, 0.5) is 0 Å². The Morgan fingerprint density at radius 3 is 1.68 bits per heavy atom. The number of hydrogen-bond donors (Lipinski definition) is 0. The molecule has 0 saturated heterocycles. The summed E-state index contributed by atoms with van der Waals surface area (Å²) < 4.78 is 0. The number of hydrogen-bond acceptors (Lipinski definition) is 0. The fourth-order valence-electron chi connectivity index (χ4n) is 3.69. The van der Waals surface area contributed by atoms with Crippen LogP contribution in [-0.2, 0) is 21.7 Å². The first-order valence-corrected chi connectivity index (χ1v) is 12.4. The third kappa shape index (κ3) is 9.04. The van der Waals surface area contributed by atoms with E-state index in [0.717, 1.165) is 0 Å². The smallest absolute Gasteiger partial charge is 1.00 e. The zero-order chi connectivity index (χ0) is 19.8. The predicted octanol–water partition coefficient (Wildman–Crippen LogP) is 2.14. The van der Waals surface area contributed by atoms with Crippen LogP contribution in [-0.4, -0.2) is 12.3 Å². The normalized spacial score (nSPS) is 10.1. The molecule has 0 aliphatic heterocycles. The summed E-state index contributed by atoms with van der Waals surface area (Å²) in [4.78, 5) is 0. The summed E-state index contributed by atoms with van der Waals surface area (Å²) in [7, 11) is 0.0856. The molecule has 0 heterocycles. The minimum Gasteiger partial charge on any atom is -1.00 e. The Morgan fingerprint density at radius 2 is 1.19 bits per heavy atom. The maximum atomic E-state index is 2.44. The first kappa shape index (κ1) is 30.4. The molecule has 0 N–H and O–H groups in total. The van der Waals surface area contributed by atoms with Gasteiger partial charge in [-0.05, 0) is 25.2 Å². The van der Waals surface area contributed by atoms with E-state index in [9.17, 15) is 0 Å². The van der Waals surface area contributed by atoms with E-state index in [1.807, 2.05) is 0 Å². The Morgan fingerprint density at radius 1 is 0.710 bits per heavy atom. The fourth-order valence-corrected chi connectivity index (χ4v) is 6.47.